The average Bonchev–Trinajstić information content (AvgIpc) is 2.65. The molecule has 0 aliphatic carbocycles. The Morgan fingerprint density at radius 1 is 1.03 bits per heavy atom. The van der Waals surface area contributed by atoms with E-state index in [0.717, 1.165) is 0 Å². The molecule has 170 valence electrons. The molecule has 0 unspecified atom stereocenters. The lowest BCUT2D eigenvalue weighted by molar-refractivity contribution is -0.0502. The zero-order valence-electron chi connectivity index (χ0n) is 17.0. The number of hydrogen-bond donors (Lipinski definition) is 0. The van der Waals surface area contributed by atoms with Gasteiger partial charge in [0, 0.05) is 16.0 Å². The molecular weight excluding hydrogens is 471 g/mol. The van der Waals surface area contributed by atoms with Crippen molar-refractivity contribution in [2.75, 3.05) is 0 Å². The lowest BCUT2D eigenvalue weighted by atomic mass is 9.96. The highest BCUT2D eigenvalue weighted by Crippen LogP contribution is 2.40. The molecule has 3 aromatic rings. The standard InChI is InChI=1S/C21H17ClF3NO5S/c1-20(2,3)30-19(27)17-16(12-7-5-4-6-8-12)14-11-13(22)9-10-15(14)26-18(17)31-32(28,29)21(23,24)25/h4-11H,1-3H3. The van der Waals surface area contributed by atoms with Crippen LogP contribution in [0.25, 0.3) is 22.0 Å². The van der Waals surface area contributed by atoms with Crippen molar-refractivity contribution in [1.29, 1.82) is 0 Å². The van der Waals surface area contributed by atoms with E-state index in [-0.39, 0.29) is 16.1 Å². The molecule has 0 bridgehead atoms. The van der Waals surface area contributed by atoms with Crippen LogP contribution in [-0.4, -0.2) is 30.5 Å². The summed E-state index contributed by atoms with van der Waals surface area (Å²) in [5.41, 5.74) is -6.84. The van der Waals surface area contributed by atoms with E-state index < -0.39 is 38.6 Å². The highest BCUT2D eigenvalue weighted by atomic mass is 35.5. The number of carbonyl (C=O) groups is 1. The lowest BCUT2D eigenvalue weighted by Crippen LogP contribution is -2.30. The summed E-state index contributed by atoms with van der Waals surface area (Å²) < 4.78 is 72.3. The van der Waals surface area contributed by atoms with E-state index in [0.29, 0.717) is 10.9 Å². The molecule has 0 aliphatic heterocycles. The first kappa shape index (κ1) is 23.8. The molecule has 0 atom stereocenters. The second-order valence-electron chi connectivity index (χ2n) is 7.68. The normalized spacial score (nSPS) is 12.6. The van der Waals surface area contributed by atoms with Gasteiger partial charge in [0.05, 0.1) is 5.52 Å². The van der Waals surface area contributed by atoms with Gasteiger partial charge in [-0.3, -0.25) is 0 Å². The molecule has 1 aromatic heterocycles. The summed E-state index contributed by atoms with van der Waals surface area (Å²) >= 11 is 6.10. The Kier molecular flexibility index (Phi) is 6.14. The zero-order valence-corrected chi connectivity index (χ0v) is 18.6. The average molecular weight is 488 g/mol. The number of pyridine rings is 1. The molecule has 0 aliphatic rings. The Bertz CT molecular complexity index is 1290. The molecule has 11 heteroatoms. The second kappa shape index (κ2) is 8.25. The number of aromatic nitrogens is 1. The molecule has 0 spiro atoms. The number of alkyl halides is 3. The number of esters is 1. The Labute approximate surface area is 187 Å². The van der Waals surface area contributed by atoms with E-state index in [1.165, 1.54) is 18.2 Å². The van der Waals surface area contributed by atoms with E-state index in [2.05, 4.69) is 9.17 Å². The summed E-state index contributed by atoms with van der Waals surface area (Å²) in [4.78, 5) is 17.0. The fourth-order valence-corrected chi connectivity index (χ4v) is 3.44. The first-order valence-corrected chi connectivity index (χ1v) is 10.9. The number of rotatable bonds is 4. The van der Waals surface area contributed by atoms with Crippen LogP contribution in [0.15, 0.2) is 48.5 Å². The Morgan fingerprint density at radius 3 is 2.22 bits per heavy atom. The quantitative estimate of drug-likeness (QED) is 0.265. The highest BCUT2D eigenvalue weighted by molar-refractivity contribution is 7.88. The predicted octanol–water partition coefficient (Wildman–Crippen LogP) is 5.74. The van der Waals surface area contributed by atoms with Gasteiger partial charge < -0.3 is 8.92 Å². The van der Waals surface area contributed by atoms with Gasteiger partial charge in [0.25, 0.3) is 0 Å². The van der Waals surface area contributed by atoms with Gasteiger partial charge in [-0.05, 0) is 44.5 Å². The van der Waals surface area contributed by atoms with E-state index >= 15 is 0 Å². The molecule has 0 saturated heterocycles. The molecule has 3 rings (SSSR count). The number of fused-ring (bicyclic) bond motifs is 1. The summed E-state index contributed by atoms with van der Waals surface area (Å²) in [6.07, 6.45) is 0. The van der Waals surface area contributed by atoms with Crippen molar-refractivity contribution in [1.82, 2.24) is 4.98 Å². The van der Waals surface area contributed by atoms with Crippen molar-refractivity contribution < 1.29 is 35.3 Å². The van der Waals surface area contributed by atoms with E-state index in [9.17, 15) is 26.4 Å². The Morgan fingerprint density at radius 2 is 1.66 bits per heavy atom. The van der Waals surface area contributed by atoms with Crippen LogP contribution >= 0.6 is 11.6 Å². The van der Waals surface area contributed by atoms with E-state index in [1.807, 2.05) is 0 Å². The predicted molar refractivity (Wildman–Crippen MR) is 113 cm³/mol. The van der Waals surface area contributed by atoms with Crippen LogP contribution in [0.5, 0.6) is 5.88 Å². The van der Waals surface area contributed by atoms with Crippen molar-refractivity contribution in [2.24, 2.45) is 0 Å². The molecule has 32 heavy (non-hydrogen) atoms. The number of hydrogen-bond acceptors (Lipinski definition) is 6. The highest BCUT2D eigenvalue weighted by Gasteiger charge is 2.49. The van der Waals surface area contributed by atoms with Crippen molar-refractivity contribution in [3.63, 3.8) is 0 Å². The molecular formula is C21H17ClF3NO5S. The first-order valence-electron chi connectivity index (χ1n) is 9.12. The van der Waals surface area contributed by atoms with Gasteiger partial charge >= 0.3 is 21.6 Å². The fourth-order valence-electron chi connectivity index (χ4n) is 2.85. The van der Waals surface area contributed by atoms with Gasteiger partial charge in [-0.25, -0.2) is 9.78 Å². The van der Waals surface area contributed by atoms with Crippen molar-refractivity contribution in [3.05, 3.63) is 59.1 Å². The summed E-state index contributed by atoms with van der Waals surface area (Å²) in [5.74, 6) is -2.16. The topological polar surface area (TPSA) is 82.6 Å². The molecule has 0 saturated carbocycles. The number of halogens is 4. The van der Waals surface area contributed by atoms with Crippen molar-refractivity contribution in [2.45, 2.75) is 31.9 Å². The number of nitrogens with zero attached hydrogens (tertiary/aromatic N) is 1. The Balaban J connectivity index is 2.43. The lowest BCUT2D eigenvalue weighted by Gasteiger charge is -2.22. The molecule has 0 amide bonds. The second-order valence-corrected chi connectivity index (χ2v) is 9.65. The van der Waals surface area contributed by atoms with E-state index in [1.54, 1.807) is 51.1 Å². The summed E-state index contributed by atoms with van der Waals surface area (Å²) in [6.45, 7) is 4.64. The zero-order chi connectivity index (χ0) is 23.9. The number of carbonyl (C=O) groups excluding carboxylic acids is 1. The largest absolute Gasteiger partial charge is 0.534 e. The van der Waals surface area contributed by atoms with Gasteiger partial charge in [0.15, 0.2) is 0 Å². The third kappa shape index (κ3) is 4.97. The summed E-state index contributed by atoms with van der Waals surface area (Å²) in [6, 6.07) is 12.4. The fraction of sp³-hybridized carbons (Fsp3) is 0.238. The van der Waals surface area contributed by atoms with Crippen LogP contribution in [0.2, 0.25) is 5.02 Å². The number of benzene rings is 2. The van der Waals surface area contributed by atoms with Crippen molar-refractivity contribution in [3.8, 4) is 17.0 Å². The molecule has 0 radical (unpaired) electrons. The molecule has 6 nitrogen and oxygen atoms in total. The van der Waals surface area contributed by atoms with Crippen LogP contribution in [-0.2, 0) is 14.9 Å². The minimum absolute atomic E-state index is 0.0629. The van der Waals surface area contributed by atoms with Crippen LogP contribution in [0, 0.1) is 0 Å². The van der Waals surface area contributed by atoms with Crippen LogP contribution in [0.3, 0.4) is 0 Å². The van der Waals surface area contributed by atoms with E-state index in [4.69, 9.17) is 16.3 Å². The minimum Gasteiger partial charge on any atom is -0.456 e. The maximum absolute atomic E-state index is 13.1. The maximum atomic E-state index is 13.1. The van der Waals surface area contributed by atoms with Crippen LogP contribution in [0.4, 0.5) is 13.2 Å². The summed E-state index contributed by atoms with van der Waals surface area (Å²) in [7, 11) is -6.12. The molecule has 0 N–H and O–H groups in total. The third-order valence-corrected chi connectivity index (χ3v) is 5.23. The van der Waals surface area contributed by atoms with Crippen LogP contribution in [0.1, 0.15) is 31.1 Å². The first-order chi connectivity index (χ1) is 14.7. The van der Waals surface area contributed by atoms with Crippen molar-refractivity contribution >= 4 is 38.6 Å². The third-order valence-electron chi connectivity index (χ3n) is 4.05. The smallest absolute Gasteiger partial charge is 0.456 e. The van der Waals surface area contributed by atoms with Gasteiger partial charge in [-0.1, -0.05) is 41.9 Å². The monoisotopic (exact) mass is 487 g/mol. The SMILES string of the molecule is CC(C)(C)OC(=O)c1c(OS(=O)(=O)C(F)(F)F)nc2ccc(Cl)cc2c1-c1ccccc1. The summed E-state index contributed by atoms with van der Waals surface area (Å²) in [5, 5.41) is 0.560. The van der Waals surface area contributed by atoms with Crippen LogP contribution < -0.4 is 4.18 Å². The minimum atomic E-state index is -6.12. The molecule has 0 fully saturated rings. The number of ether oxygens (including phenoxy) is 1. The van der Waals surface area contributed by atoms with Gasteiger partial charge in [-0.2, -0.15) is 21.6 Å². The van der Waals surface area contributed by atoms with Gasteiger partial charge in [0.2, 0.25) is 5.88 Å². The van der Waals surface area contributed by atoms with Gasteiger partial charge in [-0.15, -0.1) is 0 Å². The molecule has 2 aromatic carbocycles. The Hall–Kier alpha value is -2.85. The molecule has 1 heterocycles. The van der Waals surface area contributed by atoms with Gasteiger partial charge in [0.1, 0.15) is 11.2 Å². The maximum Gasteiger partial charge on any atom is 0.534 e.